The number of anilines is 1. The minimum atomic E-state index is -0.749. The van der Waals surface area contributed by atoms with Gasteiger partial charge in [0.1, 0.15) is 11.5 Å². The molecule has 0 aliphatic carbocycles. The Balaban J connectivity index is 1.79. The molecule has 198 valence electrons. The SMILES string of the molecule is CCN(CC)c1ccc(C2/C(=C(/O)c3cccc(OCC(C)C)c3)C(=O)C(=O)N2Cc2cccnc2)cc1. The molecule has 0 saturated carbocycles. The van der Waals surface area contributed by atoms with Crippen LogP contribution < -0.4 is 9.64 Å². The Morgan fingerprint density at radius 1 is 1.05 bits per heavy atom. The number of hydrogen-bond acceptors (Lipinski definition) is 6. The highest BCUT2D eigenvalue weighted by molar-refractivity contribution is 6.46. The van der Waals surface area contributed by atoms with Crippen molar-refractivity contribution in [1.82, 2.24) is 9.88 Å². The van der Waals surface area contributed by atoms with Crippen LogP contribution in [0.25, 0.3) is 5.76 Å². The molecule has 38 heavy (non-hydrogen) atoms. The predicted octanol–water partition coefficient (Wildman–Crippen LogP) is 5.58. The summed E-state index contributed by atoms with van der Waals surface area (Å²) in [6.45, 7) is 10.7. The summed E-state index contributed by atoms with van der Waals surface area (Å²) in [6.07, 6.45) is 3.34. The number of hydrogen-bond donors (Lipinski definition) is 1. The lowest BCUT2D eigenvalue weighted by Gasteiger charge is -2.26. The van der Waals surface area contributed by atoms with Crippen LogP contribution in [0.15, 0.2) is 78.6 Å². The van der Waals surface area contributed by atoms with Crippen molar-refractivity contribution in [3.63, 3.8) is 0 Å². The number of carbonyl (C=O) groups excluding carboxylic acids is 2. The van der Waals surface area contributed by atoms with Crippen molar-refractivity contribution < 1.29 is 19.4 Å². The lowest BCUT2D eigenvalue weighted by Crippen LogP contribution is -2.29. The molecule has 0 radical (unpaired) electrons. The van der Waals surface area contributed by atoms with E-state index in [0.717, 1.165) is 29.9 Å². The standard InChI is InChI=1S/C31H35N3O4/c1-5-33(6-2)25-14-12-23(13-15-25)28-27(29(35)24-10-7-11-26(17-24)38-20-21(3)4)30(36)31(37)34(28)19-22-9-8-16-32-18-22/h7-18,21,28,35H,5-6,19-20H2,1-4H3/b29-27-. The summed E-state index contributed by atoms with van der Waals surface area (Å²) in [5.74, 6) is -0.653. The second-order valence-corrected chi connectivity index (χ2v) is 9.78. The number of likely N-dealkylation sites (tertiary alicyclic amines) is 1. The summed E-state index contributed by atoms with van der Waals surface area (Å²) in [6, 6.07) is 17.7. The topological polar surface area (TPSA) is 83.0 Å². The molecule has 2 aromatic carbocycles. The summed E-state index contributed by atoms with van der Waals surface area (Å²) in [7, 11) is 0. The summed E-state index contributed by atoms with van der Waals surface area (Å²) in [4.78, 5) is 34.6. The maximum absolute atomic E-state index is 13.4. The number of amides is 1. The third-order valence-corrected chi connectivity index (χ3v) is 6.64. The first-order valence-electron chi connectivity index (χ1n) is 13.1. The molecule has 0 bridgehead atoms. The molecule has 1 saturated heterocycles. The van der Waals surface area contributed by atoms with Crippen molar-refractivity contribution in [3.05, 3.63) is 95.3 Å². The number of nitrogens with zero attached hydrogens (tertiary/aromatic N) is 3. The molecule has 3 aromatic rings. The number of ether oxygens (including phenoxy) is 1. The number of carbonyl (C=O) groups is 2. The van der Waals surface area contributed by atoms with Gasteiger partial charge in [0.05, 0.1) is 18.2 Å². The molecule has 2 heterocycles. The third-order valence-electron chi connectivity index (χ3n) is 6.64. The second kappa shape index (κ2) is 11.9. The normalized spacial score (nSPS) is 16.8. The van der Waals surface area contributed by atoms with Crippen molar-refractivity contribution in [1.29, 1.82) is 0 Å². The Labute approximate surface area is 224 Å². The number of Topliss-reactive ketones (excluding diaryl/α,β-unsaturated/α-hetero) is 1. The van der Waals surface area contributed by atoms with Gasteiger partial charge in [-0.2, -0.15) is 0 Å². The summed E-state index contributed by atoms with van der Waals surface area (Å²) in [5, 5.41) is 11.4. The Morgan fingerprint density at radius 3 is 2.42 bits per heavy atom. The van der Waals surface area contributed by atoms with Gasteiger partial charge < -0.3 is 19.6 Å². The van der Waals surface area contributed by atoms with E-state index in [-0.39, 0.29) is 17.9 Å². The van der Waals surface area contributed by atoms with Crippen molar-refractivity contribution in [2.45, 2.75) is 40.3 Å². The van der Waals surface area contributed by atoms with Crippen LogP contribution in [-0.4, -0.2) is 46.4 Å². The van der Waals surface area contributed by atoms with Gasteiger partial charge in [0.25, 0.3) is 11.7 Å². The lowest BCUT2D eigenvalue weighted by atomic mass is 9.95. The Kier molecular flexibility index (Phi) is 8.46. The van der Waals surface area contributed by atoms with Crippen LogP contribution in [0.3, 0.4) is 0 Å². The van der Waals surface area contributed by atoms with Crippen LogP contribution in [0.2, 0.25) is 0 Å². The molecule has 1 unspecified atom stereocenters. The molecular weight excluding hydrogens is 478 g/mol. The minimum Gasteiger partial charge on any atom is -0.507 e. The van der Waals surface area contributed by atoms with Gasteiger partial charge in [0, 0.05) is 43.3 Å². The van der Waals surface area contributed by atoms with Gasteiger partial charge in [0.2, 0.25) is 0 Å². The molecule has 7 heteroatoms. The zero-order chi connectivity index (χ0) is 27.2. The number of pyridine rings is 1. The number of aromatic nitrogens is 1. The first-order valence-corrected chi connectivity index (χ1v) is 13.1. The average Bonchev–Trinajstić information content (AvgIpc) is 3.18. The molecule has 4 rings (SSSR count). The van der Waals surface area contributed by atoms with E-state index in [4.69, 9.17) is 4.74 Å². The highest BCUT2D eigenvalue weighted by Crippen LogP contribution is 2.41. The van der Waals surface area contributed by atoms with Gasteiger partial charge in [-0.3, -0.25) is 14.6 Å². The highest BCUT2D eigenvalue weighted by Gasteiger charge is 2.46. The molecule has 1 amide bonds. The highest BCUT2D eigenvalue weighted by atomic mass is 16.5. The van der Waals surface area contributed by atoms with E-state index in [1.807, 2.05) is 36.4 Å². The van der Waals surface area contributed by atoms with Crippen LogP contribution in [-0.2, 0) is 16.1 Å². The molecule has 7 nitrogen and oxygen atoms in total. The van der Waals surface area contributed by atoms with E-state index in [1.54, 1.807) is 36.7 Å². The number of aliphatic hydroxyl groups is 1. The molecular formula is C31H35N3O4. The quantitative estimate of drug-likeness (QED) is 0.216. The summed E-state index contributed by atoms with van der Waals surface area (Å²) < 4.78 is 5.83. The zero-order valence-corrected chi connectivity index (χ0v) is 22.4. The van der Waals surface area contributed by atoms with E-state index in [0.29, 0.717) is 23.8 Å². The fourth-order valence-electron chi connectivity index (χ4n) is 4.69. The van der Waals surface area contributed by atoms with Crippen molar-refractivity contribution in [2.24, 2.45) is 5.92 Å². The van der Waals surface area contributed by atoms with Crippen LogP contribution in [0.1, 0.15) is 50.4 Å². The van der Waals surface area contributed by atoms with Crippen LogP contribution in [0.4, 0.5) is 5.69 Å². The largest absolute Gasteiger partial charge is 0.507 e. The predicted molar refractivity (Wildman–Crippen MR) is 149 cm³/mol. The van der Waals surface area contributed by atoms with Crippen LogP contribution >= 0.6 is 0 Å². The Hall–Kier alpha value is -4.13. The Morgan fingerprint density at radius 2 is 1.79 bits per heavy atom. The summed E-state index contributed by atoms with van der Waals surface area (Å²) in [5.41, 5.74) is 3.09. The van der Waals surface area contributed by atoms with Gasteiger partial charge in [-0.05, 0) is 61.2 Å². The molecule has 1 fully saturated rings. The lowest BCUT2D eigenvalue weighted by molar-refractivity contribution is -0.140. The fraction of sp³-hybridized carbons (Fsp3) is 0.323. The second-order valence-electron chi connectivity index (χ2n) is 9.78. The molecule has 1 N–H and O–H groups in total. The zero-order valence-electron chi connectivity index (χ0n) is 22.4. The maximum atomic E-state index is 13.4. The molecule has 1 atom stereocenters. The number of benzene rings is 2. The molecule has 1 aromatic heterocycles. The van der Waals surface area contributed by atoms with Gasteiger partial charge in [-0.25, -0.2) is 0 Å². The van der Waals surface area contributed by atoms with E-state index < -0.39 is 17.7 Å². The van der Waals surface area contributed by atoms with Gasteiger partial charge in [-0.15, -0.1) is 0 Å². The summed E-state index contributed by atoms with van der Waals surface area (Å²) >= 11 is 0. The van der Waals surface area contributed by atoms with Gasteiger partial charge >= 0.3 is 0 Å². The van der Waals surface area contributed by atoms with E-state index in [9.17, 15) is 14.7 Å². The molecule has 0 spiro atoms. The fourth-order valence-corrected chi connectivity index (χ4v) is 4.69. The first kappa shape index (κ1) is 26.9. The van der Waals surface area contributed by atoms with Gasteiger partial charge in [-0.1, -0.05) is 44.2 Å². The monoisotopic (exact) mass is 513 g/mol. The Bertz CT molecular complexity index is 1300. The van der Waals surface area contributed by atoms with Crippen molar-refractivity contribution in [3.8, 4) is 5.75 Å². The number of ketones is 1. The van der Waals surface area contributed by atoms with Crippen LogP contribution in [0.5, 0.6) is 5.75 Å². The average molecular weight is 514 g/mol. The minimum absolute atomic E-state index is 0.0653. The van der Waals surface area contributed by atoms with Gasteiger partial charge in [0.15, 0.2) is 0 Å². The van der Waals surface area contributed by atoms with Crippen molar-refractivity contribution in [2.75, 3.05) is 24.6 Å². The first-order chi connectivity index (χ1) is 18.3. The number of aliphatic hydroxyl groups excluding tert-OH is 1. The third kappa shape index (κ3) is 5.72. The van der Waals surface area contributed by atoms with E-state index in [1.165, 1.54) is 4.90 Å². The number of rotatable bonds is 10. The smallest absolute Gasteiger partial charge is 0.295 e. The van der Waals surface area contributed by atoms with Crippen LogP contribution in [0, 0.1) is 5.92 Å². The van der Waals surface area contributed by atoms with Crippen molar-refractivity contribution >= 4 is 23.1 Å². The molecule has 1 aliphatic rings. The van der Waals surface area contributed by atoms with E-state index >= 15 is 0 Å². The molecule has 1 aliphatic heterocycles. The van der Waals surface area contributed by atoms with E-state index in [2.05, 4.69) is 37.6 Å². The maximum Gasteiger partial charge on any atom is 0.295 e.